The second-order valence-electron chi connectivity index (χ2n) is 4.71. The predicted octanol–water partition coefficient (Wildman–Crippen LogP) is 4.03. The number of hydrogen-bond acceptors (Lipinski definition) is 2. The van der Waals surface area contributed by atoms with Crippen molar-refractivity contribution in [3.05, 3.63) is 64.7 Å². The highest BCUT2D eigenvalue weighted by molar-refractivity contribution is 5.40. The third-order valence-corrected chi connectivity index (χ3v) is 3.20. The molecule has 0 atom stereocenters. The molecule has 0 N–H and O–H groups in total. The van der Waals surface area contributed by atoms with Crippen LogP contribution in [0.2, 0.25) is 0 Å². The summed E-state index contributed by atoms with van der Waals surface area (Å²) in [6.45, 7) is 5.34. The van der Waals surface area contributed by atoms with E-state index in [0.717, 1.165) is 5.75 Å². The minimum Gasteiger partial charge on any atom is -0.488 e. The molecule has 0 aliphatic carbocycles. The number of aryl methyl sites for hydroxylation is 2. The molecule has 2 aromatic rings. The lowest BCUT2D eigenvalue weighted by molar-refractivity contribution is 0.182. The predicted molar refractivity (Wildman–Crippen MR) is 77.4 cm³/mol. The zero-order valence-corrected chi connectivity index (χ0v) is 11.8. The van der Waals surface area contributed by atoms with E-state index in [1.54, 1.807) is 7.11 Å². The standard InChI is InChI=1S/C17H20O2/c1-13-7-6-8-14(2)17(13)19-12-16-10-5-4-9-15(16)11-18-3/h4-10H,11-12H2,1-3H3. The average molecular weight is 256 g/mol. The van der Waals surface area contributed by atoms with Gasteiger partial charge in [0, 0.05) is 7.11 Å². The van der Waals surface area contributed by atoms with Crippen LogP contribution in [0.15, 0.2) is 42.5 Å². The molecule has 19 heavy (non-hydrogen) atoms. The first-order chi connectivity index (χ1) is 9.22. The molecule has 0 fully saturated rings. The Balaban J connectivity index is 2.15. The Hall–Kier alpha value is -1.80. The zero-order chi connectivity index (χ0) is 13.7. The molecule has 0 amide bonds. The number of rotatable bonds is 5. The molecule has 0 heterocycles. The van der Waals surface area contributed by atoms with E-state index < -0.39 is 0 Å². The highest BCUT2D eigenvalue weighted by Crippen LogP contribution is 2.24. The van der Waals surface area contributed by atoms with Crippen LogP contribution < -0.4 is 4.74 Å². The summed E-state index contributed by atoms with van der Waals surface area (Å²) in [6.07, 6.45) is 0. The van der Waals surface area contributed by atoms with Gasteiger partial charge in [-0.1, -0.05) is 42.5 Å². The summed E-state index contributed by atoms with van der Waals surface area (Å²) in [4.78, 5) is 0. The molecule has 0 radical (unpaired) electrons. The molecular weight excluding hydrogens is 236 g/mol. The number of benzene rings is 2. The molecule has 100 valence electrons. The van der Waals surface area contributed by atoms with Gasteiger partial charge in [0.25, 0.3) is 0 Å². The van der Waals surface area contributed by atoms with E-state index >= 15 is 0 Å². The third-order valence-electron chi connectivity index (χ3n) is 3.20. The van der Waals surface area contributed by atoms with Gasteiger partial charge in [0.1, 0.15) is 12.4 Å². The van der Waals surface area contributed by atoms with E-state index in [1.807, 2.05) is 12.1 Å². The second-order valence-corrected chi connectivity index (χ2v) is 4.71. The highest BCUT2D eigenvalue weighted by Gasteiger charge is 2.06. The van der Waals surface area contributed by atoms with Gasteiger partial charge >= 0.3 is 0 Å². The fraction of sp³-hybridized carbons (Fsp3) is 0.294. The van der Waals surface area contributed by atoms with Crippen LogP contribution in [0.3, 0.4) is 0 Å². The Kier molecular flexibility index (Phi) is 4.58. The maximum atomic E-state index is 5.99. The molecule has 0 saturated carbocycles. The summed E-state index contributed by atoms with van der Waals surface area (Å²) in [6, 6.07) is 14.4. The van der Waals surface area contributed by atoms with E-state index in [2.05, 4.69) is 44.2 Å². The fourth-order valence-corrected chi connectivity index (χ4v) is 2.17. The van der Waals surface area contributed by atoms with Gasteiger partial charge in [-0.25, -0.2) is 0 Å². The quantitative estimate of drug-likeness (QED) is 0.804. The Morgan fingerprint density at radius 2 is 1.37 bits per heavy atom. The van der Waals surface area contributed by atoms with Crippen molar-refractivity contribution in [2.45, 2.75) is 27.1 Å². The zero-order valence-electron chi connectivity index (χ0n) is 11.8. The van der Waals surface area contributed by atoms with Crippen molar-refractivity contribution in [1.29, 1.82) is 0 Å². The van der Waals surface area contributed by atoms with Crippen LogP contribution in [-0.4, -0.2) is 7.11 Å². The molecule has 0 aromatic heterocycles. The average Bonchev–Trinajstić information content (AvgIpc) is 2.40. The first kappa shape index (κ1) is 13.6. The SMILES string of the molecule is COCc1ccccc1COc1c(C)cccc1C. The van der Waals surface area contributed by atoms with Gasteiger partial charge in [0.2, 0.25) is 0 Å². The summed E-state index contributed by atoms with van der Waals surface area (Å²) in [5, 5.41) is 0. The van der Waals surface area contributed by atoms with Gasteiger partial charge < -0.3 is 9.47 Å². The summed E-state index contributed by atoms with van der Waals surface area (Å²) in [5.74, 6) is 0.981. The maximum absolute atomic E-state index is 5.99. The number of hydrogen-bond donors (Lipinski definition) is 0. The van der Waals surface area contributed by atoms with Crippen molar-refractivity contribution in [3.8, 4) is 5.75 Å². The van der Waals surface area contributed by atoms with Crippen molar-refractivity contribution >= 4 is 0 Å². The largest absolute Gasteiger partial charge is 0.488 e. The van der Waals surface area contributed by atoms with Gasteiger partial charge in [-0.15, -0.1) is 0 Å². The van der Waals surface area contributed by atoms with Gasteiger partial charge in [-0.2, -0.15) is 0 Å². The molecule has 0 spiro atoms. The summed E-state index contributed by atoms with van der Waals surface area (Å²) < 4.78 is 11.2. The lowest BCUT2D eigenvalue weighted by Crippen LogP contribution is -2.02. The van der Waals surface area contributed by atoms with Crippen LogP contribution in [0, 0.1) is 13.8 Å². The highest BCUT2D eigenvalue weighted by atomic mass is 16.5. The molecule has 0 aliphatic heterocycles. The second kappa shape index (κ2) is 6.39. The molecule has 0 unspecified atom stereocenters. The molecule has 0 bridgehead atoms. The van der Waals surface area contributed by atoms with E-state index in [-0.39, 0.29) is 0 Å². The molecule has 2 nitrogen and oxygen atoms in total. The van der Waals surface area contributed by atoms with Crippen LogP contribution in [0.25, 0.3) is 0 Å². The molecular formula is C17H20O2. The van der Waals surface area contributed by atoms with E-state index in [9.17, 15) is 0 Å². The van der Waals surface area contributed by atoms with Crippen LogP contribution in [-0.2, 0) is 18.0 Å². The molecule has 2 aromatic carbocycles. The topological polar surface area (TPSA) is 18.5 Å². The Morgan fingerprint density at radius 3 is 1.95 bits per heavy atom. The van der Waals surface area contributed by atoms with E-state index in [0.29, 0.717) is 13.2 Å². The normalized spacial score (nSPS) is 10.5. The Morgan fingerprint density at radius 1 is 0.789 bits per heavy atom. The van der Waals surface area contributed by atoms with Crippen molar-refractivity contribution in [2.75, 3.05) is 7.11 Å². The summed E-state index contributed by atoms with van der Waals surface area (Å²) >= 11 is 0. The molecule has 0 saturated heterocycles. The smallest absolute Gasteiger partial charge is 0.125 e. The molecule has 2 rings (SSSR count). The van der Waals surface area contributed by atoms with Crippen molar-refractivity contribution in [3.63, 3.8) is 0 Å². The monoisotopic (exact) mass is 256 g/mol. The van der Waals surface area contributed by atoms with Gasteiger partial charge in [-0.3, -0.25) is 0 Å². The number of methoxy groups -OCH3 is 1. The third kappa shape index (κ3) is 3.36. The molecule has 0 aliphatic rings. The Labute approximate surface area is 115 Å². The van der Waals surface area contributed by atoms with Crippen LogP contribution >= 0.6 is 0 Å². The first-order valence-electron chi connectivity index (χ1n) is 6.47. The van der Waals surface area contributed by atoms with Gasteiger partial charge in [0.15, 0.2) is 0 Å². The van der Waals surface area contributed by atoms with Crippen molar-refractivity contribution < 1.29 is 9.47 Å². The van der Waals surface area contributed by atoms with E-state index in [1.165, 1.54) is 22.3 Å². The minimum absolute atomic E-state index is 0.575. The lowest BCUT2D eigenvalue weighted by Gasteiger charge is -2.14. The number of ether oxygens (including phenoxy) is 2. The minimum atomic E-state index is 0.575. The van der Waals surface area contributed by atoms with Gasteiger partial charge in [-0.05, 0) is 36.1 Å². The lowest BCUT2D eigenvalue weighted by atomic mass is 10.1. The molecule has 2 heteroatoms. The summed E-state index contributed by atoms with van der Waals surface area (Å²) in [7, 11) is 1.71. The van der Waals surface area contributed by atoms with Crippen LogP contribution in [0.4, 0.5) is 0 Å². The fourth-order valence-electron chi connectivity index (χ4n) is 2.17. The van der Waals surface area contributed by atoms with Crippen molar-refractivity contribution in [2.24, 2.45) is 0 Å². The van der Waals surface area contributed by atoms with Crippen LogP contribution in [0.1, 0.15) is 22.3 Å². The van der Waals surface area contributed by atoms with E-state index in [4.69, 9.17) is 9.47 Å². The summed E-state index contributed by atoms with van der Waals surface area (Å²) in [5.41, 5.74) is 4.69. The number of para-hydroxylation sites is 1. The van der Waals surface area contributed by atoms with Crippen molar-refractivity contribution in [1.82, 2.24) is 0 Å². The first-order valence-corrected chi connectivity index (χ1v) is 6.47. The maximum Gasteiger partial charge on any atom is 0.125 e. The van der Waals surface area contributed by atoms with Gasteiger partial charge in [0.05, 0.1) is 6.61 Å². The van der Waals surface area contributed by atoms with Crippen LogP contribution in [0.5, 0.6) is 5.75 Å². The Bertz CT molecular complexity index is 526.